The van der Waals surface area contributed by atoms with Crippen molar-refractivity contribution in [3.05, 3.63) is 40.7 Å². The molecule has 6 nitrogen and oxygen atoms in total. The molecule has 0 bridgehead atoms. The molecule has 2 rings (SSSR count). The van der Waals surface area contributed by atoms with Crippen LogP contribution in [0.25, 0.3) is 0 Å². The lowest BCUT2D eigenvalue weighted by atomic mass is 10.2. The molecule has 1 aromatic heterocycles. The molecule has 0 saturated heterocycles. The molecular formula is C12H12ClN3O3. The molecule has 0 radical (unpaired) electrons. The van der Waals surface area contributed by atoms with Gasteiger partial charge in [0.25, 0.3) is 0 Å². The number of halogens is 1. The van der Waals surface area contributed by atoms with Gasteiger partial charge >= 0.3 is 5.97 Å². The van der Waals surface area contributed by atoms with Gasteiger partial charge in [-0.05, 0) is 18.2 Å². The van der Waals surface area contributed by atoms with Crippen molar-refractivity contribution in [2.24, 2.45) is 0 Å². The van der Waals surface area contributed by atoms with Crippen LogP contribution in [-0.4, -0.2) is 33.2 Å². The van der Waals surface area contributed by atoms with E-state index in [2.05, 4.69) is 10.3 Å². The smallest absolute Gasteiger partial charge is 0.309 e. The first-order chi connectivity index (χ1) is 9.08. The van der Waals surface area contributed by atoms with Gasteiger partial charge in [-0.25, -0.2) is 4.68 Å². The Labute approximate surface area is 114 Å². The molecule has 0 aliphatic heterocycles. The Kier molecular flexibility index (Phi) is 4.01. The van der Waals surface area contributed by atoms with Crippen LogP contribution in [0.2, 0.25) is 5.02 Å². The molecule has 0 saturated carbocycles. The largest absolute Gasteiger partial charge is 0.496 e. The zero-order valence-corrected chi connectivity index (χ0v) is 11.0. The predicted molar refractivity (Wildman–Crippen MR) is 68.5 cm³/mol. The van der Waals surface area contributed by atoms with Crippen LogP contribution in [0.3, 0.4) is 0 Å². The molecule has 2 aromatic rings. The van der Waals surface area contributed by atoms with Crippen molar-refractivity contribution in [3.8, 4) is 5.75 Å². The van der Waals surface area contributed by atoms with Crippen molar-refractivity contribution in [2.75, 3.05) is 7.11 Å². The van der Waals surface area contributed by atoms with Crippen molar-refractivity contribution < 1.29 is 14.6 Å². The summed E-state index contributed by atoms with van der Waals surface area (Å²) in [5.74, 6) is -0.243. The van der Waals surface area contributed by atoms with E-state index in [-0.39, 0.29) is 6.42 Å². The minimum atomic E-state index is -0.938. The fourth-order valence-corrected chi connectivity index (χ4v) is 1.89. The van der Waals surface area contributed by atoms with Crippen molar-refractivity contribution >= 4 is 17.6 Å². The van der Waals surface area contributed by atoms with Crippen molar-refractivity contribution in [3.63, 3.8) is 0 Å². The van der Waals surface area contributed by atoms with Gasteiger partial charge in [0.2, 0.25) is 0 Å². The second-order valence-corrected chi connectivity index (χ2v) is 4.37. The number of rotatable bonds is 5. The second-order valence-electron chi connectivity index (χ2n) is 3.93. The lowest BCUT2D eigenvalue weighted by Gasteiger charge is -2.08. The average Bonchev–Trinajstić information content (AvgIpc) is 2.76. The van der Waals surface area contributed by atoms with Crippen molar-refractivity contribution in [1.82, 2.24) is 15.0 Å². The van der Waals surface area contributed by atoms with E-state index >= 15 is 0 Å². The zero-order valence-electron chi connectivity index (χ0n) is 10.2. The third kappa shape index (κ3) is 3.45. The van der Waals surface area contributed by atoms with Gasteiger partial charge in [0.1, 0.15) is 5.75 Å². The van der Waals surface area contributed by atoms with Crippen LogP contribution in [0.1, 0.15) is 11.3 Å². The number of aliphatic carboxylic acids is 1. The second kappa shape index (κ2) is 5.71. The third-order valence-corrected chi connectivity index (χ3v) is 2.73. The molecule has 0 spiro atoms. The first-order valence-electron chi connectivity index (χ1n) is 5.51. The van der Waals surface area contributed by atoms with Crippen molar-refractivity contribution in [2.45, 2.75) is 13.0 Å². The van der Waals surface area contributed by atoms with E-state index in [4.69, 9.17) is 21.4 Å². The maximum atomic E-state index is 10.6. The topological polar surface area (TPSA) is 77.2 Å². The molecule has 0 unspecified atom stereocenters. The van der Waals surface area contributed by atoms with Gasteiger partial charge in [-0.1, -0.05) is 16.8 Å². The third-order valence-electron chi connectivity index (χ3n) is 2.49. The summed E-state index contributed by atoms with van der Waals surface area (Å²) in [6.45, 7) is 0.413. The lowest BCUT2D eigenvalue weighted by molar-refractivity contribution is -0.136. The summed E-state index contributed by atoms with van der Waals surface area (Å²) in [6.07, 6.45) is 1.45. The first-order valence-corrected chi connectivity index (χ1v) is 5.89. The summed E-state index contributed by atoms with van der Waals surface area (Å²) < 4.78 is 6.78. The maximum Gasteiger partial charge on any atom is 0.309 e. The highest BCUT2D eigenvalue weighted by molar-refractivity contribution is 6.30. The Morgan fingerprint density at radius 3 is 3.00 bits per heavy atom. The van der Waals surface area contributed by atoms with Gasteiger partial charge < -0.3 is 9.84 Å². The number of carboxylic acids is 1. The van der Waals surface area contributed by atoms with E-state index in [1.54, 1.807) is 36.2 Å². The van der Waals surface area contributed by atoms with Gasteiger partial charge in [0.05, 0.1) is 25.8 Å². The van der Waals surface area contributed by atoms with Crippen LogP contribution >= 0.6 is 11.6 Å². The molecule has 1 N–H and O–H groups in total. The fourth-order valence-electron chi connectivity index (χ4n) is 1.70. The molecule has 0 atom stereocenters. The van der Waals surface area contributed by atoms with Crippen LogP contribution < -0.4 is 4.74 Å². The summed E-state index contributed by atoms with van der Waals surface area (Å²) in [5, 5.41) is 16.9. The normalized spacial score (nSPS) is 10.4. The van der Waals surface area contributed by atoms with Crippen molar-refractivity contribution in [1.29, 1.82) is 0 Å². The van der Waals surface area contributed by atoms with Crippen LogP contribution in [0.4, 0.5) is 0 Å². The number of nitrogens with zero attached hydrogens (tertiary/aromatic N) is 3. The Balaban J connectivity index is 2.18. The number of aromatic nitrogens is 3. The Morgan fingerprint density at radius 1 is 1.53 bits per heavy atom. The van der Waals surface area contributed by atoms with E-state index in [1.807, 2.05) is 0 Å². The quantitative estimate of drug-likeness (QED) is 0.901. The van der Waals surface area contributed by atoms with Gasteiger partial charge in [-0.3, -0.25) is 4.79 Å². The molecule has 0 fully saturated rings. The van der Waals surface area contributed by atoms with Gasteiger partial charge in [0, 0.05) is 16.8 Å². The minimum Gasteiger partial charge on any atom is -0.496 e. The number of carbonyl (C=O) groups is 1. The highest BCUT2D eigenvalue weighted by Gasteiger charge is 2.09. The SMILES string of the molecule is COc1ccc(Cl)cc1Cn1cc(CC(=O)O)nn1. The monoisotopic (exact) mass is 281 g/mol. The summed E-state index contributed by atoms with van der Waals surface area (Å²) >= 11 is 5.94. The Morgan fingerprint density at radius 2 is 2.32 bits per heavy atom. The van der Waals surface area contributed by atoms with Crippen LogP contribution in [-0.2, 0) is 17.8 Å². The number of ether oxygens (including phenoxy) is 1. The molecule has 100 valence electrons. The number of carboxylic acid groups (broad SMARTS) is 1. The highest BCUT2D eigenvalue weighted by atomic mass is 35.5. The summed E-state index contributed by atoms with van der Waals surface area (Å²) in [7, 11) is 1.57. The zero-order chi connectivity index (χ0) is 13.8. The maximum absolute atomic E-state index is 10.6. The van der Waals surface area contributed by atoms with Gasteiger partial charge in [-0.15, -0.1) is 5.10 Å². The predicted octanol–water partition coefficient (Wildman–Crippen LogP) is 1.62. The minimum absolute atomic E-state index is 0.146. The highest BCUT2D eigenvalue weighted by Crippen LogP contribution is 2.23. The molecule has 19 heavy (non-hydrogen) atoms. The molecule has 1 heterocycles. The number of methoxy groups -OCH3 is 1. The molecule has 7 heteroatoms. The Hall–Kier alpha value is -2.08. The first kappa shape index (κ1) is 13.4. The van der Waals surface area contributed by atoms with E-state index < -0.39 is 5.97 Å². The summed E-state index contributed by atoms with van der Waals surface area (Å²) in [6, 6.07) is 5.28. The Bertz CT molecular complexity index is 598. The summed E-state index contributed by atoms with van der Waals surface area (Å²) in [4.78, 5) is 10.6. The van der Waals surface area contributed by atoms with Gasteiger partial charge in [-0.2, -0.15) is 0 Å². The standard InChI is InChI=1S/C12H12ClN3O3/c1-19-11-3-2-9(13)4-8(11)6-16-7-10(14-15-16)5-12(17)18/h2-4,7H,5-6H2,1H3,(H,17,18). The molecular weight excluding hydrogens is 270 g/mol. The lowest BCUT2D eigenvalue weighted by Crippen LogP contribution is -2.03. The molecule has 0 aliphatic rings. The van der Waals surface area contributed by atoms with Crippen LogP contribution in [0.15, 0.2) is 24.4 Å². The van der Waals surface area contributed by atoms with Crippen LogP contribution in [0, 0.1) is 0 Å². The van der Waals surface area contributed by atoms with E-state index in [0.29, 0.717) is 23.0 Å². The van der Waals surface area contributed by atoms with E-state index in [9.17, 15) is 4.79 Å². The van der Waals surface area contributed by atoms with E-state index in [0.717, 1.165) is 5.56 Å². The number of benzene rings is 1. The average molecular weight is 282 g/mol. The number of hydrogen-bond donors (Lipinski definition) is 1. The molecule has 1 aromatic carbocycles. The molecule has 0 aliphatic carbocycles. The number of hydrogen-bond acceptors (Lipinski definition) is 4. The fraction of sp³-hybridized carbons (Fsp3) is 0.250. The summed E-state index contributed by atoms with van der Waals surface area (Å²) in [5.41, 5.74) is 1.26. The van der Waals surface area contributed by atoms with Gasteiger partial charge in [0.15, 0.2) is 0 Å². The van der Waals surface area contributed by atoms with Crippen LogP contribution in [0.5, 0.6) is 5.75 Å². The molecule has 0 amide bonds. The van der Waals surface area contributed by atoms with E-state index in [1.165, 1.54) is 0 Å².